The summed E-state index contributed by atoms with van der Waals surface area (Å²) in [5.74, 6) is -0.527. The fourth-order valence-corrected chi connectivity index (χ4v) is 8.24. The number of hydrogen-bond donors (Lipinski definition) is 2. The van der Waals surface area contributed by atoms with E-state index in [1.807, 2.05) is 0 Å². The van der Waals surface area contributed by atoms with E-state index in [9.17, 15) is 9.59 Å². The van der Waals surface area contributed by atoms with Crippen LogP contribution in [-0.2, 0) is 9.59 Å². The summed E-state index contributed by atoms with van der Waals surface area (Å²) in [5, 5.41) is -0.461. The number of hydrogen-bond acceptors (Lipinski definition) is 4. The average molecular weight is 601 g/mol. The molecule has 0 aliphatic heterocycles. The lowest BCUT2D eigenvalue weighted by Crippen LogP contribution is -2.28. The van der Waals surface area contributed by atoms with Crippen LogP contribution >= 0.6 is 21.6 Å². The first-order valence-electron chi connectivity index (χ1n) is 17.4. The van der Waals surface area contributed by atoms with E-state index in [-0.39, 0.29) is 22.3 Å². The molecule has 0 saturated carbocycles. The first-order chi connectivity index (χ1) is 19.5. The Morgan fingerprint density at radius 1 is 0.400 bits per heavy atom. The molecule has 0 bridgehead atoms. The van der Waals surface area contributed by atoms with Gasteiger partial charge in [-0.25, -0.2) is 0 Å². The third-order valence-electron chi connectivity index (χ3n) is 8.06. The largest absolute Gasteiger partial charge is 0.369 e. The van der Waals surface area contributed by atoms with Crippen LogP contribution in [0.1, 0.15) is 194 Å². The second kappa shape index (κ2) is 31.6. The molecule has 0 spiro atoms. The summed E-state index contributed by atoms with van der Waals surface area (Å²) < 4.78 is 0. The highest BCUT2D eigenvalue weighted by Crippen LogP contribution is 2.35. The molecule has 4 N–H and O–H groups in total. The van der Waals surface area contributed by atoms with Crippen molar-refractivity contribution >= 4 is 33.4 Å². The summed E-state index contributed by atoms with van der Waals surface area (Å²) in [6.07, 6.45) is 35.8. The van der Waals surface area contributed by atoms with Gasteiger partial charge in [0.15, 0.2) is 0 Å². The summed E-state index contributed by atoms with van der Waals surface area (Å²) >= 11 is 0. The maximum absolute atomic E-state index is 12.0. The van der Waals surface area contributed by atoms with Gasteiger partial charge in [-0.1, -0.05) is 202 Å². The summed E-state index contributed by atoms with van der Waals surface area (Å²) in [4.78, 5) is 24.0. The molecule has 2 atom stereocenters. The molecule has 6 heteroatoms. The Balaban J connectivity index is 3.79. The monoisotopic (exact) mass is 600 g/mol. The Hall–Kier alpha value is -0.360. The summed E-state index contributed by atoms with van der Waals surface area (Å²) in [7, 11) is 2.95. The van der Waals surface area contributed by atoms with Crippen LogP contribution in [-0.4, -0.2) is 22.3 Å². The van der Waals surface area contributed by atoms with Crippen molar-refractivity contribution in [2.75, 3.05) is 0 Å². The fraction of sp³-hybridized carbons (Fsp3) is 0.941. The minimum absolute atomic E-state index is 0.230. The number of rotatable bonds is 33. The van der Waals surface area contributed by atoms with Gasteiger partial charge in [0.2, 0.25) is 11.8 Å². The quantitative estimate of drug-likeness (QED) is 0.0579. The summed E-state index contributed by atoms with van der Waals surface area (Å²) in [6, 6.07) is 0. The zero-order valence-corrected chi connectivity index (χ0v) is 28.4. The van der Waals surface area contributed by atoms with Crippen molar-refractivity contribution in [1.29, 1.82) is 0 Å². The fourth-order valence-electron chi connectivity index (χ4n) is 5.30. The maximum Gasteiger partial charge on any atom is 0.231 e. The van der Waals surface area contributed by atoms with Gasteiger partial charge in [0, 0.05) is 0 Å². The molecular formula is C34H68N2O2S2. The molecule has 0 aliphatic rings. The first-order valence-corrected chi connectivity index (χ1v) is 19.7. The van der Waals surface area contributed by atoms with E-state index in [1.54, 1.807) is 0 Å². The van der Waals surface area contributed by atoms with Gasteiger partial charge in [-0.05, 0) is 12.8 Å². The van der Waals surface area contributed by atoms with Crippen molar-refractivity contribution in [1.82, 2.24) is 0 Å². The number of amides is 2. The van der Waals surface area contributed by atoms with Crippen LogP contribution in [0, 0.1) is 0 Å². The Labute approximate surface area is 257 Å². The number of nitrogens with two attached hydrogens (primary N) is 2. The van der Waals surface area contributed by atoms with Crippen molar-refractivity contribution < 1.29 is 9.59 Å². The topological polar surface area (TPSA) is 86.2 Å². The second-order valence-corrected chi connectivity index (χ2v) is 14.7. The van der Waals surface area contributed by atoms with Crippen LogP contribution < -0.4 is 11.5 Å². The molecule has 2 amide bonds. The molecule has 0 saturated heterocycles. The van der Waals surface area contributed by atoms with Gasteiger partial charge >= 0.3 is 0 Å². The maximum atomic E-state index is 12.0. The molecule has 2 unspecified atom stereocenters. The van der Waals surface area contributed by atoms with E-state index in [4.69, 9.17) is 11.5 Å². The molecule has 0 rings (SSSR count). The molecule has 0 heterocycles. The van der Waals surface area contributed by atoms with Crippen LogP contribution in [0.4, 0.5) is 0 Å². The first kappa shape index (κ1) is 39.6. The minimum atomic E-state index is -0.263. The van der Waals surface area contributed by atoms with Crippen molar-refractivity contribution in [3.63, 3.8) is 0 Å². The molecular weight excluding hydrogens is 533 g/mol. The van der Waals surface area contributed by atoms with Crippen molar-refractivity contribution in [3.8, 4) is 0 Å². The van der Waals surface area contributed by atoms with Gasteiger partial charge in [-0.3, -0.25) is 9.59 Å². The lowest BCUT2D eigenvalue weighted by molar-refractivity contribution is -0.118. The van der Waals surface area contributed by atoms with Gasteiger partial charge < -0.3 is 11.5 Å². The molecule has 40 heavy (non-hydrogen) atoms. The number of carbonyl (C=O) groups is 2. The smallest absolute Gasteiger partial charge is 0.231 e. The highest BCUT2D eigenvalue weighted by Gasteiger charge is 2.22. The zero-order chi connectivity index (χ0) is 29.5. The van der Waals surface area contributed by atoms with Crippen molar-refractivity contribution in [3.05, 3.63) is 0 Å². The van der Waals surface area contributed by atoms with E-state index in [0.717, 1.165) is 38.5 Å². The van der Waals surface area contributed by atoms with Crippen LogP contribution in [0.15, 0.2) is 0 Å². The van der Waals surface area contributed by atoms with E-state index < -0.39 is 0 Å². The molecule has 238 valence electrons. The number of primary amides is 2. The van der Waals surface area contributed by atoms with Crippen molar-refractivity contribution in [2.24, 2.45) is 11.5 Å². The SMILES string of the molecule is CCCCCCCCCCCCCCCC(SSC(CCCCCCCCCCCCCCC)C(N)=O)C(N)=O. The van der Waals surface area contributed by atoms with E-state index in [0.29, 0.717) is 0 Å². The summed E-state index contributed by atoms with van der Waals surface area (Å²) in [6.45, 7) is 4.54. The minimum Gasteiger partial charge on any atom is -0.369 e. The van der Waals surface area contributed by atoms with E-state index >= 15 is 0 Å². The van der Waals surface area contributed by atoms with Gasteiger partial charge in [0.05, 0.1) is 10.5 Å². The molecule has 0 fully saturated rings. The number of unbranched alkanes of at least 4 members (excludes halogenated alkanes) is 24. The number of carbonyl (C=O) groups excluding carboxylic acids is 2. The Morgan fingerprint density at radius 2 is 0.600 bits per heavy atom. The third kappa shape index (κ3) is 27.8. The average Bonchev–Trinajstić information content (AvgIpc) is 2.93. The van der Waals surface area contributed by atoms with E-state index in [1.165, 1.54) is 163 Å². The molecule has 0 radical (unpaired) electrons. The van der Waals surface area contributed by atoms with Gasteiger partial charge in [-0.2, -0.15) is 0 Å². The zero-order valence-electron chi connectivity index (χ0n) is 26.7. The molecule has 0 aromatic rings. The molecule has 0 aromatic carbocycles. The second-order valence-electron chi connectivity index (χ2n) is 12.0. The molecule has 4 nitrogen and oxygen atoms in total. The standard InChI is InChI=1S/C34H68N2O2S2/c1-3-5-7-9-11-13-15-17-19-21-23-25-27-29-31(33(35)37)39-40-32(34(36)38)30-28-26-24-22-20-18-16-14-12-10-8-6-4-2/h31-32H,3-30H2,1-2H3,(H2,35,37)(H2,36,38). The summed E-state index contributed by atoms with van der Waals surface area (Å²) in [5.41, 5.74) is 11.4. The van der Waals surface area contributed by atoms with Crippen LogP contribution in [0.2, 0.25) is 0 Å². The lowest BCUT2D eigenvalue weighted by atomic mass is 10.0. The van der Waals surface area contributed by atoms with Crippen molar-refractivity contribution in [2.45, 2.75) is 204 Å². The van der Waals surface area contributed by atoms with E-state index in [2.05, 4.69) is 13.8 Å². The van der Waals surface area contributed by atoms with Crippen LogP contribution in [0.3, 0.4) is 0 Å². The highest BCUT2D eigenvalue weighted by molar-refractivity contribution is 8.77. The Morgan fingerprint density at radius 3 is 0.800 bits per heavy atom. The van der Waals surface area contributed by atoms with Gasteiger partial charge in [-0.15, -0.1) is 0 Å². The van der Waals surface area contributed by atoms with Crippen LogP contribution in [0.25, 0.3) is 0 Å². The molecule has 0 aliphatic carbocycles. The lowest BCUT2D eigenvalue weighted by Gasteiger charge is -2.16. The predicted molar refractivity (Wildman–Crippen MR) is 182 cm³/mol. The highest BCUT2D eigenvalue weighted by atomic mass is 33.1. The molecule has 0 aromatic heterocycles. The van der Waals surface area contributed by atoms with Gasteiger partial charge in [0.1, 0.15) is 0 Å². The van der Waals surface area contributed by atoms with Gasteiger partial charge in [0.25, 0.3) is 0 Å². The van der Waals surface area contributed by atoms with Crippen LogP contribution in [0.5, 0.6) is 0 Å². The third-order valence-corrected chi connectivity index (χ3v) is 11.3. The Kier molecular flexibility index (Phi) is 31.3. The Bertz CT molecular complexity index is 514. The normalized spacial score (nSPS) is 12.9. The predicted octanol–water partition coefficient (Wildman–Crippen LogP) is 11.0.